The highest BCUT2D eigenvalue weighted by atomic mass is 32.2. The van der Waals surface area contributed by atoms with Crippen molar-refractivity contribution in [1.82, 2.24) is 4.98 Å². The summed E-state index contributed by atoms with van der Waals surface area (Å²) in [5.41, 5.74) is 3.18. The number of nitrogens with zero attached hydrogens (tertiary/aromatic N) is 2. The highest BCUT2D eigenvalue weighted by molar-refractivity contribution is 7.92. The third kappa shape index (κ3) is 4.20. The lowest BCUT2D eigenvalue weighted by molar-refractivity contribution is 0.0600. The Hall–Kier alpha value is -3.71. The predicted octanol–water partition coefficient (Wildman–Crippen LogP) is 4.73. The molecule has 4 aromatic rings. The third-order valence-electron chi connectivity index (χ3n) is 5.19. The molecule has 32 heavy (non-hydrogen) atoms. The second-order valence-electron chi connectivity index (χ2n) is 7.37. The van der Waals surface area contributed by atoms with E-state index in [0.717, 1.165) is 16.5 Å². The summed E-state index contributed by atoms with van der Waals surface area (Å²) in [5.74, 6) is -0.445. The molecule has 4 rings (SSSR count). The quantitative estimate of drug-likeness (QED) is 0.401. The first kappa shape index (κ1) is 21.5. The summed E-state index contributed by atoms with van der Waals surface area (Å²) in [7, 11) is -2.57. The van der Waals surface area contributed by atoms with Gasteiger partial charge in [-0.2, -0.15) is 0 Å². The van der Waals surface area contributed by atoms with Gasteiger partial charge in [0.05, 0.1) is 35.3 Å². The minimum atomic E-state index is -3.89. The zero-order valence-electron chi connectivity index (χ0n) is 17.7. The van der Waals surface area contributed by atoms with E-state index in [1.54, 1.807) is 60.8 Å². The van der Waals surface area contributed by atoms with Gasteiger partial charge in [-0.3, -0.25) is 9.29 Å². The number of carbonyl (C=O) groups is 1. The normalized spacial score (nSPS) is 11.3. The van der Waals surface area contributed by atoms with Gasteiger partial charge in [-0.25, -0.2) is 13.2 Å². The van der Waals surface area contributed by atoms with Gasteiger partial charge in [-0.1, -0.05) is 48.0 Å². The van der Waals surface area contributed by atoms with E-state index < -0.39 is 16.0 Å². The number of aryl methyl sites for hydroxylation is 1. The van der Waals surface area contributed by atoms with Crippen LogP contribution in [0.5, 0.6) is 0 Å². The number of hydrogen-bond donors (Lipinski definition) is 0. The smallest absolute Gasteiger partial charge is 0.337 e. The number of carbonyl (C=O) groups excluding carboxylic acids is 1. The number of esters is 1. The zero-order valence-corrected chi connectivity index (χ0v) is 18.5. The fourth-order valence-electron chi connectivity index (χ4n) is 3.46. The number of ether oxygens (including phenoxy) is 1. The summed E-state index contributed by atoms with van der Waals surface area (Å²) in [6.07, 6.45) is 1.65. The van der Waals surface area contributed by atoms with Crippen molar-refractivity contribution in [2.24, 2.45) is 0 Å². The second kappa shape index (κ2) is 8.80. The van der Waals surface area contributed by atoms with Gasteiger partial charge in [0.2, 0.25) is 0 Å². The molecule has 7 heteroatoms. The van der Waals surface area contributed by atoms with Gasteiger partial charge in [0.15, 0.2) is 0 Å². The maximum Gasteiger partial charge on any atom is 0.337 e. The van der Waals surface area contributed by atoms with Crippen LogP contribution in [-0.4, -0.2) is 26.5 Å². The number of sulfonamides is 1. The lowest BCUT2D eigenvalue weighted by Crippen LogP contribution is -2.31. The topological polar surface area (TPSA) is 76.6 Å². The number of pyridine rings is 1. The van der Waals surface area contributed by atoms with Gasteiger partial charge in [0.1, 0.15) is 0 Å². The van der Waals surface area contributed by atoms with E-state index in [0.29, 0.717) is 16.8 Å². The molecule has 1 heterocycles. The van der Waals surface area contributed by atoms with Crippen molar-refractivity contribution in [3.8, 4) is 0 Å². The molecular weight excluding hydrogens is 424 g/mol. The fourth-order valence-corrected chi connectivity index (χ4v) is 4.92. The van der Waals surface area contributed by atoms with Crippen molar-refractivity contribution in [2.45, 2.75) is 18.4 Å². The largest absolute Gasteiger partial charge is 0.465 e. The van der Waals surface area contributed by atoms with Crippen LogP contribution in [0, 0.1) is 6.92 Å². The molecule has 0 unspecified atom stereocenters. The molecule has 0 fully saturated rings. The van der Waals surface area contributed by atoms with Gasteiger partial charge in [-0.15, -0.1) is 0 Å². The van der Waals surface area contributed by atoms with E-state index in [-0.39, 0.29) is 11.4 Å². The zero-order chi connectivity index (χ0) is 22.7. The number of para-hydroxylation sites is 1. The van der Waals surface area contributed by atoms with Crippen LogP contribution in [-0.2, 0) is 21.3 Å². The van der Waals surface area contributed by atoms with E-state index in [1.165, 1.54) is 11.4 Å². The molecule has 0 amide bonds. The number of aromatic nitrogens is 1. The molecule has 0 aliphatic carbocycles. The highest BCUT2D eigenvalue weighted by Crippen LogP contribution is 2.31. The van der Waals surface area contributed by atoms with Crippen LogP contribution in [0.4, 0.5) is 5.69 Å². The minimum Gasteiger partial charge on any atom is -0.465 e. The molecule has 162 valence electrons. The predicted molar refractivity (Wildman–Crippen MR) is 124 cm³/mol. The molecule has 0 aliphatic heterocycles. The lowest BCUT2D eigenvalue weighted by Gasteiger charge is -2.25. The number of hydrogen-bond acceptors (Lipinski definition) is 5. The van der Waals surface area contributed by atoms with Gasteiger partial charge in [-0.05, 0) is 48.9 Å². The van der Waals surface area contributed by atoms with Gasteiger partial charge in [0, 0.05) is 11.6 Å². The molecule has 0 saturated heterocycles. The second-order valence-corrected chi connectivity index (χ2v) is 9.23. The number of anilines is 1. The molecule has 0 spiro atoms. The Kier molecular flexibility index (Phi) is 5.92. The maximum atomic E-state index is 13.7. The first-order valence-corrected chi connectivity index (χ1v) is 11.4. The van der Waals surface area contributed by atoms with Crippen LogP contribution in [0.1, 0.15) is 21.5 Å². The summed E-state index contributed by atoms with van der Waals surface area (Å²) in [6.45, 7) is 1.99. The number of methoxy groups -OCH3 is 1. The average molecular weight is 447 g/mol. The van der Waals surface area contributed by atoms with Crippen LogP contribution in [0.2, 0.25) is 0 Å². The molecule has 3 aromatic carbocycles. The summed E-state index contributed by atoms with van der Waals surface area (Å²) >= 11 is 0. The summed E-state index contributed by atoms with van der Waals surface area (Å²) < 4.78 is 33.6. The Morgan fingerprint density at radius 3 is 2.31 bits per heavy atom. The Balaban J connectivity index is 1.83. The highest BCUT2D eigenvalue weighted by Gasteiger charge is 2.27. The van der Waals surface area contributed by atoms with E-state index in [1.807, 2.05) is 31.2 Å². The minimum absolute atomic E-state index is 0.0767. The third-order valence-corrected chi connectivity index (χ3v) is 6.96. The van der Waals surface area contributed by atoms with Crippen LogP contribution >= 0.6 is 0 Å². The average Bonchev–Trinajstić information content (AvgIpc) is 2.82. The van der Waals surface area contributed by atoms with E-state index >= 15 is 0 Å². The summed E-state index contributed by atoms with van der Waals surface area (Å²) in [6, 6.07) is 22.6. The fraction of sp³-hybridized carbons (Fsp3) is 0.120. The summed E-state index contributed by atoms with van der Waals surface area (Å²) in [5, 5.41) is 0.843. The number of benzene rings is 3. The van der Waals surface area contributed by atoms with Crippen molar-refractivity contribution < 1.29 is 17.9 Å². The molecule has 0 bridgehead atoms. The van der Waals surface area contributed by atoms with Crippen molar-refractivity contribution in [3.05, 3.63) is 102 Å². The van der Waals surface area contributed by atoms with Gasteiger partial charge < -0.3 is 4.74 Å². The lowest BCUT2D eigenvalue weighted by atomic mass is 10.1. The molecule has 0 radical (unpaired) electrons. The molecule has 0 N–H and O–H groups in total. The first-order valence-electron chi connectivity index (χ1n) is 10.0. The Bertz CT molecular complexity index is 1360. The van der Waals surface area contributed by atoms with E-state index in [4.69, 9.17) is 4.74 Å². The molecule has 6 nitrogen and oxygen atoms in total. The van der Waals surface area contributed by atoms with Gasteiger partial charge >= 0.3 is 5.97 Å². The van der Waals surface area contributed by atoms with Gasteiger partial charge in [0.25, 0.3) is 10.0 Å². The van der Waals surface area contributed by atoms with Crippen molar-refractivity contribution in [3.63, 3.8) is 0 Å². The number of fused-ring (bicyclic) bond motifs is 1. The molecule has 0 aliphatic rings. The standard InChI is InChI=1S/C25H22N2O4S/c1-18-8-14-22(15-9-18)32(29,30)27(17-19-10-12-21(13-11-19)25(28)31-2)23-7-3-5-20-6-4-16-26-24(20)23/h3-16H,17H2,1-2H3. The molecular formula is C25H22N2O4S. The maximum absolute atomic E-state index is 13.7. The van der Waals surface area contributed by atoms with Crippen LogP contribution < -0.4 is 4.31 Å². The van der Waals surface area contributed by atoms with Crippen molar-refractivity contribution >= 4 is 32.6 Å². The Labute approximate surface area is 187 Å². The van der Waals surface area contributed by atoms with Crippen LogP contribution in [0.15, 0.2) is 90.0 Å². The molecule has 0 atom stereocenters. The molecule has 0 saturated carbocycles. The first-order chi connectivity index (χ1) is 15.4. The van der Waals surface area contributed by atoms with Crippen molar-refractivity contribution in [2.75, 3.05) is 11.4 Å². The summed E-state index contributed by atoms with van der Waals surface area (Å²) in [4.78, 5) is 16.4. The Morgan fingerprint density at radius 1 is 0.938 bits per heavy atom. The number of rotatable bonds is 6. The van der Waals surface area contributed by atoms with E-state index in [2.05, 4.69) is 4.98 Å². The van der Waals surface area contributed by atoms with Crippen LogP contribution in [0.3, 0.4) is 0 Å². The van der Waals surface area contributed by atoms with Crippen LogP contribution in [0.25, 0.3) is 10.9 Å². The molecule has 1 aromatic heterocycles. The Morgan fingerprint density at radius 2 is 1.62 bits per heavy atom. The SMILES string of the molecule is COC(=O)c1ccc(CN(c2cccc3cccnc23)S(=O)(=O)c2ccc(C)cc2)cc1. The van der Waals surface area contributed by atoms with Crippen molar-refractivity contribution in [1.29, 1.82) is 0 Å². The van der Waals surface area contributed by atoms with E-state index in [9.17, 15) is 13.2 Å². The monoisotopic (exact) mass is 446 g/mol.